The fourth-order valence-electron chi connectivity index (χ4n) is 9.63. The molecule has 6 bridgehead atoms. The van der Waals surface area contributed by atoms with E-state index < -0.39 is 34.0 Å². The Morgan fingerprint density at radius 1 is 0.431 bits per heavy atom. The molecule has 6 aromatic heterocycles. The Balaban J connectivity index is 1.41. The van der Waals surface area contributed by atoms with Crippen LogP contribution in [0, 0.1) is 34.6 Å². The zero-order chi connectivity index (χ0) is 38.7. The number of nitriles is 1. The number of para-hydroxylation sites is 3. The summed E-state index contributed by atoms with van der Waals surface area (Å²) in [4.78, 5) is 0. The van der Waals surface area contributed by atoms with Crippen LogP contribution in [-0.4, -0.2) is 8.97 Å². The van der Waals surface area contributed by atoms with Crippen molar-refractivity contribution in [3.05, 3.63) is 156 Å². The normalized spacial score (nSPS) is 12.5. The van der Waals surface area contributed by atoms with E-state index in [1.807, 2.05) is 97.1 Å². The van der Waals surface area contributed by atoms with Gasteiger partial charge in [-0.15, -0.1) is 0 Å². The van der Waals surface area contributed by atoms with Crippen LogP contribution >= 0.6 is 0 Å². The van der Waals surface area contributed by atoms with E-state index in [1.54, 1.807) is 24.3 Å². The second-order valence-corrected chi connectivity index (χ2v) is 14.8. The topological polar surface area (TPSA) is 59.4 Å². The van der Waals surface area contributed by atoms with Gasteiger partial charge in [0.25, 0.3) is 0 Å². The van der Waals surface area contributed by atoms with E-state index in [2.05, 4.69) is 15.0 Å². The lowest BCUT2D eigenvalue weighted by Crippen LogP contribution is -2.02. The van der Waals surface area contributed by atoms with E-state index in [0.717, 1.165) is 59.8 Å². The summed E-state index contributed by atoms with van der Waals surface area (Å²) >= 11 is 0. The smallest absolute Gasteiger partial charge is 0.198 e. The predicted molar refractivity (Wildman–Crippen MR) is 221 cm³/mol. The lowest BCUT2D eigenvalue weighted by atomic mass is 9.98. The molecule has 0 N–H and O–H groups in total. The highest BCUT2D eigenvalue weighted by Gasteiger charge is 2.27. The van der Waals surface area contributed by atoms with Crippen molar-refractivity contribution in [3.8, 4) is 11.8 Å². The molecule has 58 heavy (non-hydrogen) atoms. The van der Waals surface area contributed by atoms with Gasteiger partial charge in [-0.25, -0.2) is 17.6 Å². The monoisotopic (exact) mass is 759 g/mol. The first kappa shape index (κ1) is 31.4. The number of furan rings is 2. The second kappa shape index (κ2) is 10.7. The molecule has 14 rings (SSSR count). The second-order valence-electron chi connectivity index (χ2n) is 14.8. The van der Waals surface area contributed by atoms with Crippen LogP contribution in [0.2, 0.25) is 0 Å². The van der Waals surface area contributed by atoms with E-state index in [0.29, 0.717) is 38.9 Å². The minimum atomic E-state index is -1.98. The van der Waals surface area contributed by atoms with Crippen LogP contribution in [0.15, 0.2) is 136 Å². The van der Waals surface area contributed by atoms with E-state index in [1.165, 1.54) is 6.07 Å². The molecule has 0 radical (unpaired) electrons. The van der Waals surface area contributed by atoms with E-state index >= 15 is 17.6 Å². The number of benzene rings is 8. The van der Waals surface area contributed by atoms with E-state index in [-0.39, 0.29) is 16.3 Å². The van der Waals surface area contributed by atoms with Crippen molar-refractivity contribution in [1.29, 1.82) is 5.26 Å². The Hall–Kier alpha value is -7.83. The van der Waals surface area contributed by atoms with Gasteiger partial charge in [0.1, 0.15) is 22.3 Å². The van der Waals surface area contributed by atoms with Crippen LogP contribution in [0.5, 0.6) is 0 Å². The summed E-state index contributed by atoms with van der Waals surface area (Å²) < 4.78 is 80.9. The molecule has 0 saturated carbocycles. The largest absolute Gasteiger partial charge is 0.456 e. The van der Waals surface area contributed by atoms with Gasteiger partial charge in [-0.1, -0.05) is 60.7 Å². The van der Waals surface area contributed by atoms with Crippen LogP contribution in [0.3, 0.4) is 0 Å². The fraction of sp³-hybridized carbons (Fsp3) is 0. The Morgan fingerprint density at radius 3 is 1.78 bits per heavy atom. The van der Waals surface area contributed by atoms with Gasteiger partial charge in [0.2, 0.25) is 0 Å². The molecule has 0 amide bonds. The van der Waals surface area contributed by atoms with Gasteiger partial charge in [-0.05, 0) is 72.1 Å². The zero-order valence-electron chi connectivity index (χ0n) is 29.8. The van der Waals surface area contributed by atoms with Crippen molar-refractivity contribution in [2.24, 2.45) is 0 Å². The summed E-state index contributed by atoms with van der Waals surface area (Å²) in [6.45, 7) is 0. The number of halogens is 4. The highest BCUT2D eigenvalue weighted by atomic mass is 19.2. The molecule has 0 spiro atoms. The van der Waals surface area contributed by atoms with Crippen molar-refractivity contribution in [2.75, 3.05) is 0 Å². The summed E-state index contributed by atoms with van der Waals surface area (Å²) in [5, 5.41) is 16.7. The zero-order valence-corrected chi connectivity index (χ0v) is 29.8. The van der Waals surface area contributed by atoms with Crippen LogP contribution < -0.4 is 0 Å². The maximum Gasteiger partial charge on any atom is 0.198 e. The lowest BCUT2D eigenvalue weighted by molar-refractivity contribution is 0.418. The molecule has 9 heteroatoms. The average Bonchev–Trinajstić information content (AvgIpc) is 4.00. The summed E-state index contributed by atoms with van der Waals surface area (Å²) in [5.41, 5.74) is 6.33. The maximum absolute atomic E-state index is 16.7. The van der Waals surface area contributed by atoms with Crippen molar-refractivity contribution in [2.45, 2.75) is 0 Å². The molecule has 0 aliphatic rings. The Bertz CT molecular complexity index is 4110. The van der Waals surface area contributed by atoms with E-state index in [4.69, 9.17) is 8.83 Å². The van der Waals surface area contributed by atoms with Gasteiger partial charge >= 0.3 is 0 Å². The molecule has 8 aromatic carbocycles. The summed E-state index contributed by atoms with van der Waals surface area (Å²) in [6.07, 6.45) is 0. The highest BCUT2D eigenvalue weighted by molar-refractivity contribution is 6.27. The van der Waals surface area contributed by atoms with Crippen molar-refractivity contribution < 1.29 is 26.4 Å². The maximum atomic E-state index is 16.7. The molecule has 5 nitrogen and oxygen atoms in total. The number of fused-ring (bicyclic) bond motifs is 10. The van der Waals surface area contributed by atoms with Gasteiger partial charge < -0.3 is 17.8 Å². The quantitative estimate of drug-likeness (QED) is 0.0951. The van der Waals surface area contributed by atoms with Gasteiger partial charge in [-0.2, -0.15) is 5.26 Å². The molecule has 0 fully saturated rings. The number of hydrogen-bond acceptors (Lipinski definition) is 3. The molecular formula is C49H21F4N3O2. The summed E-state index contributed by atoms with van der Waals surface area (Å²) in [5.74, 6) is -7.13. The first-order valence-electron chi connectivity index (χ1n) is 18.6. The molecule has 0 atom stereocenters. The number of aromatic nitrogens is 2. The summed E-state index contributed by atoms with van der Waals surface area (Å²) in [6, 6.07) is 41.7. The minimum absolute atomic E-state index is 0.0559. The molecule has 0 saturated heterocycles. The number of nitrogens with zero attached hydrogens (tertiary/aromatic N) is 3. The van der Waals surface area contributed by atoms with Crippen molar-refractivity contribution >= 4 is 115 Å². The van der Waals surface area contributed by atoms with Crippen LogP contribution in [0.4, 0.5) is 17.6 Å². The molecular weight excluding hydrogens is 739 g/mol. The molecule has 6 heterocycles. The van der Waals surface area contributed by atoms with Crippen LogP contribution in [0.25, 0.3) is 120 Å². The molecule has 0 aliphatic carbocycles. The third-order valence-electron chi connectivity index (χ3n) is 12.0. The Morgan fingerprint density at radius 2 is 1.02 bits per heavy atom. The van der Waals surface area contributed by atoms with Crippen molar-refractivity contribution in [3.63, 3.8) is 0 Å². The number of rotatable bonds is 1. The summed E-state index contributed by atoms with van der Waals surface area (Å²) in [7, 11) is 0. The first-order chi connectivity index (χ1) is 28.4. The fourth-order valence-corrected chi connectivity index (χ4v) is 9.63. The lowest BCUT2D eigenvalue weighted by Gasteiger charge is -2.15. The van der Waals surface area contributed by atoms with E-state index in [9.17, 15) is 5.26 Å². The molecule has 272 valence electrons. The third kappa shape index (κ3) is 3.70. The van der Waals surface area contributed by atoms with Gasteiger partial charge in [-0.3, -0.25) is 0 Å². The molecule has 14 aromatic rings. The third-order valence-corrected chi connectivity index (χ3v) is 12.0. The first-order valence-corrected chi connectivity index (χ1v) is 18.6. The predicted octanol–water partition coefficient (Wildman–Crippen LogP) is 13.9. The number of hydrogen-bond donors (Lipinski definition) is 0. The van der Waals surface area contributed by atoms with Gasteiger partial charge in [0, 0.05) is 48.5 Å². The van der Waals surface area contributed by atoms with Gasteiger partial charge in [0.05, 0.1) is 55.7 Å². The highest BCUT2D eigenvalue weighted by Crippen LogP contribution is 2.46. The van der Waals surface area contributed by atoms with Gasteiger partial charge in [0.15, 0.2) is 23.3 Å². The standard InChI is InChI=1S/C49H21F4N3O2/c50-44-40-23-13-14-30-39(20-23)58-38-18-16-28-26-8-2-5-11-33(26)56(49(28)42(30)38)35-21-31(43(40)45(51)47(53)46(44)52)24(22-54)19-34(35)55-32-10-4-1-7-25(32)27-15-17-37-41(48(27)55)29-9-3-6-12-36(29)57-37/h1-21H. The SMILES string of the molecule is N#Cc1cc(-n2c3ccccc3c3ccc4oc5ccccc5c4c32)c2cc1c1c(F)c(F)c(F)c(F)c1c1ccc3c(c1)oc1ccc4c5ccccc5n2c4c13. The molecule has 0 unspecified atom stereocenters. The van der Waals surface area contributed by atoms with Crippen LogP contribution in [-0.2, 0) is 0 Å². The Labute approximate surface area is 322 Å². The minimum Gasteiger partial charge on any atom is -0.456 e. The van der Waals surface area contributed by atoms with Crippen molar-refractivity contribution in [1.82, 2.24) is 8.97 Å². The van der Waals surface area contributed by atoms with Crippen LogP contribution in [0.1, 0.15) is 5.56 Å². The average molecular weight is 760 g/mol. The molecule has 0 aliphatic heterocycles. The Kier molecular flexibility index (Phi) is 5.80.